The van der Waals surface area contributed by atoms with Crippen molar-refractivity contribution in [2.24, 2.45) is 5.73 Å². The molecule has 2 rings (SSSR count). The van der Waals surface area contributed by atoms with Gasteiger partial charge in [0.1, 0.15) is 0 Å². The van der Waals surface area contributed by atoms with Gasteiger partial charge in [-0.25, -0.2) is 0 Å². The maximum Gasteiger partial charge on any atom is 0.266 e. The number of nitrogens with one attached hydrogen (secondary N) is 1. The minimum atomic E-state index is -0.0400. The highest BCUT2D eigenvalue weighted by Gasteiger charge is 2.06. The lowest BCUT2D eigenvalue weighted by molar-refractivity contribution is 1.13. The van der Waals surface area contributed by atoms with E-state index in [1.165, 1.54) is 11.5 Å². The lowest BCUT2D eigenvalue weighted by Gasteiger charge is -2.00. The molecule has 2 aromatic rings. The molecule has 3 N–H and O–H groups in total. The molecule has 0 saturated carbocycles. The maximum absolute atomic E-state index is 11.5. The molecule has 0 aliphatic rings. The fourth-order valence-corrected chi connectivity index (χ4v) is 2.24. The predicted molar refractivity (Wildman–Crippen MR) is 59.5 cm³/mol. The van der Waals surface area contributed by atoms with Crippen molar-refractivity contribution >= 4 is 21.6 Å². The molecule has 72 valence electrons. The fourth-order valence-electron chi connectivity index (χ4n) is 1.46. The molecule has 0 unspecified atom stereocenters. The summed E-state index contributed by atoms with van der Waals surface area (Å²) in [6.45, 7) is 3.64. The van der Waals surface area contributed by atoms with Crippen molar-refractivity contribution in [3.05, 3.63) is 46.4 Å². The van der Waals surface area contributed by atoms with Crippen molar-refractivity contribution in [1.82, 2.24) is 4.37 Å². The van der Waals surface area contributed by atoms with E-state index in [-0.39, 0.29) is 5.56 Å². The van der Waals surface area contributed by atoms with Crippen molar-refractivity contribution in [2.75, 3.05) is 0 Å². The van der Waals surface area contributed by atoms with E-state index in [2.05, 4.69) is 11.0 Å². The van der Waals surface area contributed by atoms with E-state index in [1.807, 2.05) is 18.2 Å². The number of fused-ring (bicyclic) bond motifs is 1. The van der Waals surface area contributed by atoms with E-state index in [9.17, 15) is 4.79 Å². The van der Waals surface area contributed by atoms with Crippen LogP contribution in [0.4, 0.5) is 0 Å². The van der Waals surface area contributed by atoms with Crippen LogP contribution in [0.2, 0.25) is 0 Å². The van der Waals surface area contributed by atoms with Gasteiger partial charge in [0.05, 0.1) is 10.1 Å². The second-order valence-corrected chi connectivity index (χ2v) is 4.01. The van der Waals surface area contributed by atoms with Crippen LogP contribution in [0.1, 0.15) is 5.56 Å². The fraction of sp³-hybridized carbons (Fsp3) is 0.100. The summed E-state index contributed by atoms with van der Waals surface area (Å²) in [5.74, 6) is 0. The number of hydrogen-bond donors (Lipinski definition) is 2. The molecule has 0 fully saturated rings. The molecule has 4 heteroatoms. The molecule has 1 aromatic carbocycles. The first-order valence-electron chi connectivity index (χ1n) is 4.21. The molecule has 14 heavy (non-hydrogen) atoms. The quantitative estimate of drug-likeness (QED) is 0.784. The SMILES string of the molecule is C=C(N)Cc1cccc2s[nH]c(=O)c12. The topological polar surface area (TPSA) is 58.9 Å². The van der Waals surface area contributed by atoms with Crippen LogP contribution in [0.5, 0.6) is 0 Å². The Morgan fingerprint density at radius 2 is 2.36 bits per heavy atom. The van der Waals surface area contributed by atoms with Crippen molar-refractivity contribution in [3.63, 3.8) is 0 Å². The first-order chi connectivity index (χ1) is 6.68. The molecule has 0 radical (unpaired) electrons. The largest absolute Gasteiger partial charge is 0.402 e. The van der Waals surface area contributed by atoms with E-state index >= 15 is 0 Å². The van der Waals surface area contributed by atoms with Gasteiger partial charge in [0.2, 0.25) is 0 Å². The third-order valence-electron chi connectivity index (χ3n) is 2.01. The Morgan fingerprint density at radius 3 is 3.07 bits per heavy atom. The molecule has 0 saturated heterocycles. The number of benzene rings is 1. The van der Waals surface area contributed by atoms with E-state index < -0.39 is 0 Å². The predicted octanol–water partition coefficient (Wildman–Crippen LogP) is 1.60. The van der Waals surface area contributed by atoms with Crippen molar-refractivity contribution in [3.8, 4) is 0 Å². The van der Waals surface area contributed by atoms with E-state index in [0.29, 0.717) is 12.1 Å². The monoisotopic (exact) mass is 206 g/mol. The summed E-state index contributed by atoms with van der Waals surface area (Å²) in [4.78, 5) is 11.5. The third kappa shape index (κ3) is 1.44. The summed E-state index contributed by atoms with van der Waals surface area (Å²) in [6.07, 6.45) is 0.553. The molecule has 0 bridgehead atoms. The Kier molecular flexibility index (Phi) is 2.13. The highest BCUT2D eigenvalue weighted by Crippen LogP contribution is 2.19. The zero-order valence-electron chi connectivity index (χ0n) is 7.54. The third-order valence-corrected chi connectivity index (χ3v) is 2.86. The number of nitrogens with two attached hydrogens (primary N) is 1. The molecule has 3 nitrogen and oxygen atoms in total. The smallest absolute Gasteiger partial charge is 0.266 e. The average molecular weight is 206 g/mol. The Labute approximate surface area is 85.0 Å². The summed E-state index contributed by atoms with van der Waals surface area (Å²) in [5, 5.41) is 0.740. The minimum absolute atomic E-state index is 0.0400. The van der Waals surface area contributed by atoms with Crippen LogP contribution in [-0.2, 0) is 6.42 Å². The van der Waals surface area contributed by atoms with Crippen LogP contribution in [0.25, 0.3) is 10.1 Å². The number of rotatable bonds is 2. The summed E-state index contributed by atoms with van der Waals surface area (Å²) >= 11 is 1.35. The second-order valence-electron chi connectivity index (χ2n) is 3.16. The first kappa shape index (κ1) is 9.02. The summed E-state index contributed by atoms with van der Waals surface area (Å²) in [6, 6.07) is 5.74. The average Bonchev–Trinajstić information content (AvgIpc) is 2.48. The molecular weight excluding hydrogens is 196 g/mol. The number of allylic oxidation sites excluding steroid dienone is 1. The second kappa shape index (κ2) is 3.31. The summed E-state index contributed by atoms with van der Waals surface area (Å²) in [5.41, 5.74) is 7.01. The van der Waals surface area contributed by atoms with Crippen molar-refractivity contribution < 1.29 is 0 Å². The van der Waals surface area contributed by atoms with Gasteiger partial charge in [-0.15, -0.1) is 0 Å². The molecular formula is C10H10N2OS. The maximum atomic E-state index is 11.5. The highest BCUT2D eigenvalue weighted by atomic mass is 32.1. The van der Waals surface area contributed by atoms with E-state index in [1.54, 1.807) is 0 Å². The molecule has 0 atom stereocenters. The zero-order valence-corrected chi connectivity index (χ0v) is 8.36. The van der Waals surface area contributed by atoms with Gasteiger partial charge in [-0.1, -0.05) is 30.2 Å². The normalized spacial score (nSPS) is 10.6. The highest BCUT2D eigenvalue weighted by molar-refractivity contribution is 7.13. The van der Waals surface area contributed by atoms with Gasteiger partial charge in [0.15, 0.2) is 0 Å². The van der Waals surface area contributed by atoms with Crippen LogP contribution in [0.3, 0.4) is 0 Å². The standard InChI is InChI=1S/C10H10N2OS/c1-6(11)5-7-3-2-4-8-9(7)10(13)12-14-8/h2-4H,1,5,11H2,(H,12,13). The van der Waals surface area contributed by atoms with Crippen molar-refractivity contribution in [2.45, 2.75) is 6.42 Å². The van der Waals surface area contributed by atoms with Crippen LogP contribution < -0.4 is 11.3 Å². The number of aromatic amines is 1. The van der Waals surface area contributed by atoms with Crippen molar-refractivity contribution in [1.29, 1.82) is 0 Å². The lowest BCUT2D eigenvalue weighted by atomic mass is 10.1. The Bertz CT molecular complexity index is 538. The molecule has 0 spiro atoms. The summed E-state index contributed by atoms with van der Waals surface area (Å²) < 4.78 is 3.67. The summed E-state index contributed by atoms with van der Waals surface area (Å²) in [7, 11) is 0. The van der Waals surface area contributed by atoms with Gasteiger partial charge in [0, 0.05) is 12.1 Å². The minimum Gasteiger partial charge on any atom is -0.402 e. The Balaban J connectivity index is 2.69. The van der Waals surface area contributed by atoms with E-state index in [0.717, 1.165) is 15.6 Å². The first-order valence-corrected chi connectivity index (χ1v) is 5.02. The van der Waals surface area contributed by atoms with Gasteiger partial charge in [-0.3, -0.25) is 9.17 Å². The van der Waals surface area contributed by atoms with Crippen LogP contribution >= 0.6 is 11.5 Å². The van der Waals surface area contributed by atoms with Gasteiger partial charge in [-0.2, -0.15) is 0 Å². The number of aromatic nitrogens is 1. The van der Waals surface area contributed by atoms with Gasteiger partial charge >= 0.3 is 0 Å². The molecule has 1 heterocycles. The van der Waals surface area contributed by atoms with Crippen LogP contribution in [0, 0.1) is 0 Å². The molecule has 0 aliphatic heterocycles. The van der Waals surface area contributed by atoms with Crippen LogP contribution in [-0.4, -0.2) is 4.37 Å². The molecule has 0 amide bonds. The Morgan fingerprint density at radius 1 is 1.57 bits per heavy atom. The molecule has 1 aromatic heterocycles. The number of hydrogen-bond acceptors (Lipinski definition) is 3. The molecule has 0 aliphatic carbocycles. The Hall–Kier alpha value is -1.55. The van der Waals surface area contributed by atoms with Gasteiger partial charge in [-0.05, 0) is 11.6 Å². The van der Waals surface area contributed by atoms with Gasteiger partial charge < -0.3 is 5.73 Å². The van der Waals surface area contributed by atoms with E-state index in [4.69, 9.17) is 5.73 Å². The zero-order chi connectivity index (χ0) is 10.1. The lowest BCUT2D eigenvalue weighted by Crippen LogP contribution is -2.04. The van der Waals surface area contributed by atoms with Crippen LogP contribution in [0.15, 0.2) is 35.3 Å². The van der Waals surface area contributed by atoms with Gasteiger partial charge in [0.25, 0.3) is 5.56 Å². The number of H-pyrrole nitrogens is 1.